The van der Waals surface area contributed by atoms with Crippen molar-refractivity contribution in [2.45, 2.75) is 78.6 Å². The van der Waals surface area contributed by atoms with Crippen LogP contribution in [0.25, 0.3) is 22.3 Å². The molecule has 0 aromatic heterocycles. The van der Waals surface area contributed by atoms with Crippen LogP contribution in [0.4, 0.5) is 11.4 Å². The van der Waals surface area contributed by atoms with E-state index < -0.39 is 0 Å². The van der Waals surface area contributed by atoms with E-state index in [1.54, 1.807) is 0 Å². The molecule has 0 bridgehead atoms. The van der Waals surface area contributed by atoms with E-state index in [9.17, 15) is 0 Å². The molecule has 0 saturated carbocycles. The molecule has 0 aliphatic heterocycles. The lowest BCUT2D eigenvalue weighted by Gasteiger charge is -2.27. The van der Waals surface area contributed by atoms with Crippen LogP contribution in [0.1, 0.15) is 79.0 Å². The summed E-state index contributed by atoms with van der Waals surface area (Å²) in [6, 6.07) is 30.7. The molecule has 0 fully saturated rings. The van der Waals surface area contributed by atoms with Crippen LogP contribution in [0.15, 0.2) is 84.9 Å². The van der Waals surface area contributed by atoms with Gasteiger partial charge < -0.3 is 5.32 Å². The van der Waals surface area contributed by atoms with Gasteiger partial charge in [-0.25, -0.2) is 0 Å². The number of hydrogen-bond donors (Lipinski definition) is 1. The van der Waals surface area contributed by atoms with E-state index in [0.717, 1.165) is 11.4 Å². The smallest absolute Gasteiger partial charge is 0.0543 e. The summed E-state index contributed by atoms with van der Waals surface area (Å²) < 4.78 is 0. The molecule has 0 saturated heterocycles. The molecule has 0 aliphatic carbocycles. The highest BCUT2D eigenvalue weighted by atomic mass is 35.5. The van der Waals surface area contributed by atoms with Gasteiger partial charge in [-0.2, -0.15) is 0 Å². The number of anilines is 2. The molecule has 1 nitrogen and oxygen atoms in total. The maximum atomic E-state index is 6.41. The lowest BCUT2D eigenvalue weighted by Crippen LogP contribution is -2.13. The summed E-state index contributed by atoms with van der Waals surface area (Å²) in [5, 5.41) is 4.51. The Morgan fingerprint density at radius 2 is 0.947 bits per heavy atom. The Labute approximate surface area is 235 Å². The van der Waals surface area contributed by atoms with Crippen molar-refractivity contribution < 1.29 is 0 Å². The van der Waals surface area contributed by atoms with E-state index in [4.69, 9.17) is 11.6 Å². The first-order valence-electron chi connectivity index (χ1n) is 13.6. The first-order chi connectivity index (χ1) is 17.6. The molecule has 0 spiro atoms. The molecule has 2 heteroatoms. The molecule has 4 aromatic carbocycles. The maximum absolute atomic E-state index is 6.41. The average molecular weight is 524 g/mol. The van der Waals surface area contributed by atoms with Crippen molar-refractivity contribution in [3.63, 3.8) is 0 Å². The van der Waals surface area contributed by atoms with Crippen molar-refractivity contribution in [3.8, 4) is 22.3 Å². The molecule has 0 atom stereocenters. The second-order valence-electron chi connectivity index (χ2n) is 13.5. The van der Waals surface area contributed by atoms with Gasteiger partial charge >= 0.3 is 0 Å². The second-order valence-corrected chi connectivity index (χ2v) is 13.9. The second kappa shape index (κ2) is 10.3. The summed E-state index contributed by atoms with van der Waals surface area (Å²) in [5.74, 6) is 0. The van der Waals surface area contributed by atoms with Crippen LogP contribution in [0, 0.1) is 0 Å². The van der Waals surface area contributed by atoms with Crippen LogP contribution >= 0.6 is 11.6 Å². The molecule has 0 amide bonds. The monoisotopic (exact) mass is 523 g/mol. The van der Waals surface area contributed by atoms with Gasteiger partial charge in [-0.3, -0.25) is 0 Å². The standard InChI is InChI=1S/C36H42ClN/c1-34(2,3)26-15-10-13-24(19-26)31-21-28(36(7,8)9)22-32(25-14-11-16-27(20-25)35(4,5)6)33(31)38-30-18-12-17-29(37)23-30/h10-23,38H,1-9H3. The average Bonchev–Trinajstić information content (AvgIpc) is 2.82. The third kappa shape index (κ3) is 6.33. The number of nitrogens with one attached hydrogen (secondary N) is 1. The van der Waals surface area contributed by atoms with Gasteiger partial charge in [-0.1, -0.05) is 129 Å². The predicted molar refractivity (Wildman–Crippen MR) is 168 cm³/mol. The number of rotatable bonds is 4. The first kappa shape index (κ1) is 28.0. The van der Waals surface area contributed by atoms with E-state index in [1.807, 2.05) is 18.2 Å². The predicted octanol–water partition coefficient (Wildman–Crippen LogP) is 11.3. The Hall–Kier alpha value is -3.03. The van der Waals surface area contributed by atoms with Crippen LogP contribution < -0.4 is 5.32 Å². The van der Waals surface area contributed by atoms with Crippen LogP contribution in [0.3, 0.4) is 0 Å². The zero-order valence-electron chi connectivity index (χ0n) is 24.5. The van der Waals surface area contributed by atoms with Gasteiger partial charge in [0.05, 0.1) is 5.69 Å². The summed E-state index contributed by atoms with van der Waals surface area (Å²) in [5.41, 5.74) is 10.9. The number of halogens is 1. The van der Waals surface area contributed by atoms with Crippen molar-refractivity contribution in [2.75, 3.05) is 5.32 Å². The van der Waals surface area contributed by atoms with Crippen LogP contribution in [-0.2, 0) is 16.2 Å². The highest BCUT2D eigenvalue weighted by molar-refractivity contribution is 6.30. The third-order valence-electron chi connectivity index (χ3n) is 7.18. The molecule has 1 N–H and O–H groups in total. The fourth-order valence-corrected chi connectivity index (χ4v) is 4.87. The molecule has 38 heavy (non-hydrogen) atoms. The summed E-state index contributed by atoms with van der Waals surface area (Å²) >= 11 is 6.41. The van der Waals surface area contributed by atoms with Gasteiger partial charge in [0, 0.05) is 21.8 Å². The fraction of sp³-hybridized carbons (Fsp3) is 0.333. The third-order valence-corrected chi connectivity index (χ3v) is 7.41. The van der Waals surface area contributed by atoms with Gasteiger partial charge in [0.15, 0.2) is 0 Å². The van der Waals surface area contributed by atoms with Crippen LogP contribution in [0.2, 0.25) is 5.02 Å². The number of hydrogen-bond acceptors (Lipinski definition) is 1. The lowest BCUT2D eigenvalue weighted by molar-refractivity contribution is 0.589. The van der Waals surface area contributed by atoms with Gasteiger partial charge in [-0.15, -0.1) is 0 Å². The first-order valence-corrected chi connectivity index (χ1v) is 13.9. The summed E-state index contributed by atoms with van der Waals surface area (Å²) in [4.78, 5) is 0. The quantitative estimate of drug-likeness (QED) is 0.280. The Morgan fingerprint density at radius 1 is 0.500 bits per heavy atom. The van der Waals surface area contributed by atoms with Gasteiger partial charge in [0.2, 0.25) is 0 Å². The van der Waals surface area contributed by atoms with E-state index in [-0.39, 0.29) is 16.2 Å². The molecule has 0 radical (unpaired) electrons. The lowest BCUT2D eigenvalue weighted by atomic mass is 9.80. The summed E-state index contributed by atoms with van der Waals surface area (Å²) in [6.45, 7) is 20.5. The van der Waals surface area contributed by atoms with Gasteiger partial charge in [-0.05, 0) is 74.4 Å². The van der Waals surface area contributed by atoms with Crippen molar-refractivity contribution in [2.24, 2.45) is 0 Å². The van der Waals surface area contributed by atoms with Crippen LogP contribution in [0.5, 0.6) is 0 Å². The van der Waals surface area contributed by atoms with Crippen molar-refractivity contribution in [3.05, 3.63) is 107 Å². The highest BCUT2D eigenvalue weighted by Gasteiger charge is 2.23. The normalized spacial score (nSPS) is 12.5. The largest absolute Gasteiger partial charge is 0.354 e. The van der Waals surface area contributed by atoms with E-state index in [2.05, 4.69) is 134 Å². The minimum Gasteiger partial charge on any atom is -0.354 e. The Morgan fingerprint density at radius 3 is 1.37 bits per heavy atom. The Kier molecular flexibility index (Phi) is 7.56. The maximum Gasteiger partial charge on any atom is 0.0543 e. The highest BCUT2D eigenvalue weighted by Crippen LogP contribution is 2.44. The minimum absolute atomic E-state index is 0.0125. The molecule has 4 rings (SSSR count). The molecule has 0 unspecified atom stereocenters. The molecule has 0 aliphatic rings. The zero-order chi connectivity index (χ0) is 27.9. The van der Waals surface area contributed by atoms with Gasteiger partial charge in [0.25, 0.3) is 0 Å². The van der Waals surface area contributed by atoms with E-state index >= 15 is 0 Å². The van der Waals surface area contributed by atoms with Crippen molar-refractivity contribution in [1.82, 2.24) is 0 Å². The molecular weight excluding hydrogens is 482 g/mol. The van der Waals surface area contributed by atoms with Gasteiger partial charge in [0.1, 0.15) is 0 Å². The minimum atomic E-state index is -0.0125. The Balaban J connectivity index is 2.07. The molecule has 4 aromatic rings. The van der Waals surface area contributed by atoms with Crippen molar-refractivity contribution in [1.29, 1.82) is 0 Å². The summed E-state index contributed by atoms with van der Waals surface area (Å²) in [6.07, 6.45) is 0. The SMILES string of the molecule is CC(C)(C)c1cccc(-c2cc(C(C)(C)C)cc(-c3cccc(C(C)(C)C)c3)c2Nc2cccc(Cl)c2)c1. The number of benzene rings is 4. The van der Waals surface area contributed by atoms with Crippen LogP contribution in [-0.4, -0.2) is 0 Å². The zero-order valence-corrected chi connectivity index (χ0v) is 25.2. The Bertz CT molecular complexity index is 1360. The topological polar surface area (TPSA) is 12.0 Å². The molecule has 198 valence electrons. The molecule has 0 heterocycles. The van der Waals surface area contributed by atoms with E-state index in [0.29, 0.717) is 5.02 Å². The van der Waals surface area contributed by atoms with E-state index in [1.165, 1.54) is 38.9 Å². The van der Waals surface area contributed by atoms with Crippen molar-refractivity contribution >= 4 is 23.0 Å². The molecular formula is C36H42ClN. The fourth-order valence-electron chi connectivity index (χ4n) is 4.68. The summed E-state index contributed by atoms with van der Waals surface area (Å²) in [7, 11) is 0.